The van der Waals surface area contributed by atoms with E-state index in [4.69, 9.17) is 9.15 Å². The van der Waals surface area contributed by atoms with Crippen molar-refractivity contribution in [3.63, 3.8) is 0 Å². The van der Waals surface area contributed by atoms with Gasteiger partial charge in [0.1, 0.15) is 16.5 Å². The first-order valence-corrected chi connectivity index (χ1v) is 6.76. The largest absolute Gasteiger partial charge is 0.422 e. The predicted molar refractivity (Wildman–Crippen MR) is 76.9 cm³/mol. The van der Waals surface area contributed by atoms with Crippen LogP contribution >= 0.6 is 0 Å². The lowest BCUT2D eigenvalue weighted by molar-refractivity contribution is 0.141. The lowest BCUT2D eigenvalue weighted by Crippen LogP contribution is -2.02. The lowest BCUT2D eigenvalue weighted by atomic mass is 10.2. The number of aromatic nitrogens is 2. The predicted octanol–water partition coefficient (Wildman–Crippen LogP) is 2.57. The van der Waals surface area contributed by atoms with Crippen molar-refractivity contribution >= 4 is 21.9 Å². The van der Waals surface area contributed by atoms with Crippen LogP contribution in [0.5, 0.6) is 0 Å². The molecular formula is C15H16N2O3. The van der Waals surface area contributed by atoms with Crippen LogP contribution in [-0.4, -0.2) is 23.0 Å². The maximum absolute atomic E-state index is 11.9. The fourth-order valence-electron chi connectivity index (χ4n) is 2.26. The number of aryl methyl sites for hydroxylation is 1. The van der Waals surface area contributed by atoms with Crippen molar-refractivity contribution in [2.75, 3.05) is 13.2 Å². The van der Waals surface area contributed by atoms with Gasteiger partial charge in [-0.15, -0.1) is 0 Å². The first kappa shape index (κ1) is 12.9. The molecular weight excluding hydrogens is 256 g/mol. The molecule has 0 aliphatic rings. The van der Waals surface area contributed by atoms with E-state index in [-0.39, 0.29) is 5.63 Å². The Labute approximate surface area is 115 Å². The highest BCUT2D eigenvalue weighted by atomic mass is 16.5. The summed E-state index contributed by atoms with van der Waals surface area (Å²) in [5.41, 5.74) is 0.938. The average molecular weight is 272 g/mol. The Bertz CT molecular complexity index is 789. The third-order valence-electron chi connectivity index (χ3n) is 3.21. The van der Waals surface area contributed by atoms with Gasteiger partial charge in [0.05, 0.1) is 0 Å². The fraction of sp³-hybridized carbons (Fsp3) is 0.333. The van der Waals surface area contributed by atoms with Crippen molar-refractivity contribution in [3.8, 4) is 0 Å². The Balaban J connectivity index is 1.99. The van der Waals surface area contributed by atoms with Crippen molar-refractivity contribution in [2.24, 2.45) is 0 Å². The third kappa shape index (κ3) is 2.32. The van der Waals surface area contributed by atoms with Gasteiger partial charge in [-0.05, 0) is 25.5 Å². The quantitative estimate of drug-likeness (QED) is 0.529. The second-order valence-electron chi connectivity index (χ2n) is 4.59. The summed E-state index contributed by atoms with van der Waals surface area (Å²) in [6.45, 7) is 4.11. The van der Waals surface area contributed by atoms with Gasteiger partial charge in [-0.1, -0.05) is 12.1 Å². The van der Waals surface area contributed by atoms with Gasteiger partial charge < -0.3 is 9.15 Å². The lowest BCUT2D eigenvalue weighted by Gasteiger charge is -2.01. The minimum absolute atomic E-state index is 0.338. The van der Waals surface area contributed by atoms with Crippen LogP contribution < -0.4 is 5.63 Å². The SMILES string of the molecule is CCOCCCn1cc2c(=O)oc3ccccc3c2n1. The normalized spacial score (nSPS) is 11.4. The molecule has 0 saturated heterocycles. The number of fused-ring (bicyclic) bond motifs is 3. The minimum Gasteiger partial charge on any atom is -0.422 e. The maximum atomic E-state index is 11.9. The highest BCUT2D eigenvalue weighted by molar-refractivity contribution is 6.01. The van der Waals surface area contributed by atoms with E-state index in [1.54, 1.807) is 16.9 Å². The summed E-state index contributed by atoms with van der Waals surface area (Å²) >= 11 is 0. The molecule has 2 aromatic heterocycles. The van der Waals surface area contributed by atoms with Gasteiger partial charge in [0, 0.05) is 31.3 Å². The maximum Gasteiger partial charge on any atom is 0.347 e. The van der Waals surface area contributed by atoms with E-state index in [0.29, 0.717) is 23.1 Å². The smallest absolute Gasteiger partial charge is 0.347 e. The summed E-state index contributed by atoms with van der Waals surface area (Å²) in [6.07, 6.45) is 2.62. The van der Waals surface area contributed by atoms with Gasteiger partial charge in [-0.3, -0.25) is 4.68 Å². The van der Waals surface area contributed by atoms with Gasteiger partial charge in [-0.25, -0.2) is 4.79 Å². The number of para-hydroxylation sites is 1. The molecule has 3 rings (SSSR count). The molecule has 0 amide bonds. The molecule has 2 heterocycles. The molecule has 104 valence electrons. The number of rotatable bonds is 5. The number of nitrogens with zero attached hydrogens (tertiary/aromatic N) is 2. The summed E-state index contributed by atoms with van der Waals surface area (Å²) < 4.78 is 12.4. The summed E-state index contributed by atoms with van der Waals surface area (Å²) in [4.78, 5) is 11.9. The van der Waals surface area contributed by atoms with Crippen molar-refractivity contribution < 1.29 is 9.15 Å². The van der Waals surface area contributed by atoms with Crippen LogP contribution in [0.25, 0.3) is 21.9 Å². The van der Waals surface area contributed by atoms with Crippen LogP contribution in [0.15, 0.2) is 39.7 Å². The van der Waals surface area contributed by atoms with Crippen LogP contribution in [0.2, 0.25) is 0 Å². The second kappa shape index (κ2) is 5.46. The zero-order valence-corrected chi connectivity index (χ0v) is 11.3. The highest BCUT2D eigenvalue weighted by Gasteiger charge is 2.10. The molecule has 0 saturated carbocycles. The summed E-state index contributed by atoms with van der Waals surface area (Å²) in [5.74, 6) is 0. The van der Waals surface area contributed by atoms with Gasteiger partial charge in [0.2, 0.25) is 0 Å². The molecule has 0 spiro atoms. The van der Waals surface area contributed by atoms with Gasteiger partial charge in [-0.2, -0.15) is 5.10 Å². The highest BCUT2D eigenvalue weighted by Crippen LogP contribution is 2.20. The Morgan fingerprint density at radius 1 is 1.30 bits per heavy atom. The molecule has 1 aromatic carbocycles. The topological polar surface area (TPSA) is 57.3 Å². The molecule has 0 aliphatic carbocycles. The first-order valence-electron chi connectivity index (χ1n) is 6.76. The standard InChI is InChI=1S/C15H16N2O3/c1-2-19-9-5-8-17-10-12-14(16-17)11-6-3-4-7-13(11)20-15(12)18/h3-4,6-7,10H,2,5,8-9H2,1H3. The zero-order chi connectivity index (χ0) is 13.9. The molecule has 20 heavy (non-hydrogen) atoms. The zero-order valence-electron chi connectivity index (χ0n) is 11.3. The van der Waals surface area contributed by atoms with E-state index in [1.165, 1.54) is 0 Å². The van der Waals surface area contributed by atoms with E-state index in [9.17, 15) is 4.79 Å². The summed E-state index contributed by atoms with van der Waals surface area (Å²) in [6, 6.07) is 7.45. The Kier molecular flexibility index (Phi) is 3.52. The molecule has 0 bridgehead atoms. The first-order chi connectivity index (χ1) is 9.79. The molecule has 0 radical (unpaired) electrons. The van der Waals surface area contributed by atoms with Crippen molar-refractivity contribution in [3.05, 3.63) is 40.9 Å². The van der Waals surface area contributed by atoms with Crippen molar-refractivity contribution in [1.82, 2.24) is 9.78 Å². The Hall–Kier alpha value is -2.14. The molecule has 5 heteroatoms. The van der Waals surface area contributed by atoms with Crippen LogP contribution in [0.1, 0.15) is 13.3 Å². The van der Waals surface area contributed by atoms with Gasteiger partial charge in [0.25, 0.3) is 0 Å². The molecule has 0 atom stereocenters. The molecule has 3 aromatic rings. The minimum atomic E-state index is -0.338. The van der Waals surface area contributed by atoms with E-state index >= 15 is 0 Å². The van der Waals surface area contributed by atoms with E-state index in [0.717, 1.165) is 25.0 Å². The van der Waals surface area contributed by atoms with Crippen LogP contribution in [0.3, 0.4) is 0 Å². The molecule has 0 unspecified atom stereocenters. The number of hydrogen-bond acceptors (Lipinski definition) is 4. The number of hydrogen-bond donors (Lipinski definition) is 0. The third-order valence-corrected chi connectivity index (χ3v) is 3.21. The van der Waals surface area contributed by atoms with E-state index < -0.39 is 0 Å². The number of benzene rings is 1. The Morgan fingerprint density at radius 2 is 2.15 bits per heavy atom. The number of ether oxygens (including phenoxy) is 1. The monoisotopic (exact) mass is 272 g/mol. The van der Waals surface area contributed by atoms with Crippen molar-refractivity contribution in [1.29, 1.82) is 0 Å². The average Bonchev–Trinajstić information content (AvgIpc) is 2.89. The van der Waals surface area contributed by atoms with Crippen LogP contribution in [-0.2, 0) is 11.3 Å². The van der Waals surface area contributed by atoms with Crippen molar-refractivity contribution in [2.45, 2.75) is 19.9 Å². The van der Waals surface area contributed by atoms with Gasteiger partial charge in [0.15, 0.2) is 0 Å². The molecule has 5 nitrogen and oxygen atoms in total. The van der Waals surface area contributed by atoms with E-state index in [2.05, 4.69) is 5.10 Å². The molecule has 0 N–H and O–H groups in total. The summed E-state index contributed by atoms with van der Waals surface area (Å²) in [7, 11) is 0. The molecule has 0 fully saturated rings. The second-order valence-corrected chi connectivity index (χ2v) is 4.59. The fourth-order valence-corrected chi connectivity index (χ4v) is 2.26. The van der Waals surface area contributed by atoms with Crippen LogP contribution in [0.4, 0.5) is 0 Å². The molecule has 0 aliphatic heterocycles. The Morgan fingerprint density at radius 3 is 3.00 bits per heavy atom. The van der Waals surface area contributed by atoms with E-state index in [1.807, 2.05) is 25.1 Å². The van der Waals surface area contributed by atoms with Crippen LogP contribution in [0, 0.1) is 0 Å². The summed E-state index contributed by atoms with van der Waals surface area (Å²) in [5, 5.41) is 5.89. The van der Waals surface area contributed by atoms with Gasteiger partial charge >= 0.3 is 5.63 Å².